The predicted octanol–water partition coefficient (Wildman–Crippen LogP) is 2.45. The van der Waals surface area contributed by atoms with Crippen LogP contribution in [0, 0.1) is 13.8 Å². The van der Waals surface area contributed by atoms with Gasteiger partial charge in [0.25, 0.3) is 0 Å². The van der Waals surface area contributed by atoms with Gasteiger partial charge in [-0.3, -0.25) is 0 Å². The lowest BCUT2D eigenvalue weighted by Gasteiger charge is -2.04. The lowest BCUT2D eigenvalue weighted by atomic mass is 9.99. The fraction of sp³-hybridized carbons (Fsp3) is 0.250. The van der Waals surface area contributed by atoms with Gasteiger partial charge in [0, 0.05) is 0 Å². The second-order valence-corrected chi connectivity index (χ2v) is 3.54. The van der Waals surface area contributed by atoms with Crippen molar-refractivity contribution in [2.75, 3.05) is 0 Å². The molecule has 0 amide bonds. The molecule has 0 spiro atoms. The Morgan fingerprint density at radius 2 is 2.00 bits per heavy atom. The first-order chi connectivity index (χ1) is 7.24. The first-order valence-electron chi connectivity index (χ1n) is 4.86. The van der Waals surface area contributed by atoms with Gasteiger partial charge < -0.3 is 9.63 Å². The van der Waals surface area contributed by atoms with Gasteiger partial charge in [-0.25, -0.2) is 0 Å². The van der Waals surface area contributed by atoms with Crippen molar-refractivity contribution in [3.05, 3.63) is 41.3 Å². The molecule has 0 aliphatic carbocycles. The number of aliphatic hydroxyl groups is 1. The third-order valence-electron chi connectivity index (χ3n) is 2.49. The SMILES string of the molecule is Cc1ccccc1-c1c(C)noc1CO. The molecule has 1 heterocycles. The summed E-state index contributed by atoms with van der Waals surface area (Å²) in [6, 6.07) is 7.99. The molecule has 2 rings (SSSR count). The Morgan fingerprint density at radius 3 is 2.67 bits per heavy atom. The van der Waals surface area contributed by atoms with Crippen molar-refractivity contribution >= 4 is 0 Å². The van der Waals surface area contributed by atoms with Crippen molar-refractivity contribution < 1.29 is 9.63 Å². The highest BCUT2D eigenvalue weighted by molar-refractivity contribution is 5.70. The Labute approximate surface area is 88.3 Å². The van der Waals surface area contributed by atoms with Gasteiger partial charge in [0.15, 0.2) is 5.76 Å². The number of hydrogen-bond acceptors (Lipinski definition) is 3. The van der Waals surface area contributed by atoms with Gasteiger partial charge >= 0.3 is 0 Å². The van der Waals surface area contributed by atoms with Crippen LogP contribution in [0.5, 0.6) is 0 Å². The van der Waals surface area contributed by atoms with E-state index >= 15 is 0 Å². The zero-order chi connectivity index (χ0) is 10.8. The summed E-state index contributed by atoms with van der Waals surface area (Å²) in [7, 11) is 0. The lowest BCUT2D eigenvalue weighted by molar-refractivity contribution is 0.229. The molecule has 0 aliphatic heterocycles. The van der Waals surface area contributed by atoms with Crippen LogP contribution in [0.3, 0.4) is 0 Å². The summed E-state index contributed by atoms with van der Waals surface area (Å²) in [5.74, 6) is 0.529. The molecular formula is C12H13NO2. The standard InChI is InChI=1S/C12H13NO2/c1-8-5-3-4-6-10(8)12-9(2)13-15-11(12)7-14/h3-6,14H,7H2,1-2H3. The summed E-state index contributed by atoms with van der Waals surface area (Å²) in [6.45, 7) is 3.79. The maximum Gasteiger partial charge on any atom is 0.170 e. The molecule has 0 saturated heterocycles. The number of aryl methyl sites for hydroxylation is 2. The zero-order valence-corrected chi connectivity index (χ0v) is 8.82. The van der Waals surface area contributed by atoms with E-state index in [1.165, 1.54) is 0 Å². The monoisotopic (exact) mass is 203 g/mol. The number of nitrogens with zero attached hydrogens (tertiary/aromatic N) is 1. The Kier molecular flexibility index (Phi) is 2.56. The fourth-order valence-corrected chi connectivity index (χ4v) is 1.72. The molecule has 0 aliphatic rings. The first kappa shape index (κ1) is 9.93. The van der Waals surface area contributed by atoms with E-state index in [4.69, 9.17) is 9.63 Å². The van der Waals surface area contributed by atoms with Crippen LogP contribution in [-0.2, 0) is 6.61 Å². The van der Waals surface area contributed by atoms with Gasteiger partial charge in [-0.1, -0.05) is 29.4 Å². The first-order valence-corrected chi connectivity index (χ1v) is 4.86. The molecule has 0 fully saturated rings. The number of aliphatic hydroxyl groups excluding tert-OH is 1. The van der Waals surface area contributed by atoms with Crippen molar-refractivity contribution in [2.24, 2.45) is 0 Å². The van der Waals surface area contributed by atoms with E-state index < -0.39 is 0 Å². The molecule has 3 nitrogen and oxygen atoms in total. The largest absolute Gasteiger partial charge is 0.388 e. The minimum atomic E-state index is -0.121. The molecule has 0 radical (unpaired) electrons. The van der Waals surface area contributed by atoms with Crippen molar-refractivity contribution in [2.45, 2.75) is 20.5 Å². The molecule has 3 heteroatoms. The van der Waals surface area contributed by atoms with Crippen molar-refractivity contribution in [1.29, 1.82) is 0 Å². The van der Waals surface area contributed by atoms with Crippen LogP contribution in [0.1, 0.15) is 17.0 Å². The maximum atomic E-state index is 9.15. The summed E-state index contributed by atoms with van der Waals surface area (Å²) < 4.78 is 5.05. The summed E-state index contributed by atoms with van der Waals surface area (Å²) in [6.07, 6.45) is 0. The quantitative estimate of drug-likeness (QED) is 0.815. The molecule has 1 aromatic heterocycles. The minimum absolute atomic E-state index is 0.121. The molecule has 78 valence electrons. The Hall–Kier alpha value is -1.61. The molecule has 1 N–H and O–H groups in total. The fourth-order valence-electron chi connectivity index (χ4n) is 1.72. The summed E-state index contributed by atoms with van der Waals surface area (Å²) in [5, 5.41) is 13.0. The molecule has 0 unspecified atom stereocenters. The highest BCUT2D eigenvalue weighted by Crippen LogP contribution is 2.29. The van der Waals surface area contributed by atoms with E-state index in [0.717, 1.165) is 22.4 Å². The van der Waals surface area contributed by atoms with E-state index in [-0.39, 0.29) is 6.61 Å². The smallest absolute Gasteiger partial charge is 0.170 e. The van der Waals surface area contributed by atoms with Gasteiger partial charge in [0.2, 0.25) is 0 Å². The number of aromatic nitrogens is 1. The third kappa shape index (κ3) is 1.66. The van der Waals surface area contributed by atoms with Gasteiger partial charge in [0.1, 0.15) is 6.61 Å². The van der Waals surface area contributed by atoms with Crippen molar-refractivity contribution in [3.63, 3.8) is 0 Å². The molecule has 1 aromatic carbocycles. The van der Waals surface area contributed by atoms with Crippen LogP contribution >= 0.6 is 0 Å². The van der Waals surface area contributed by atoms with Crippen molar-refractivity contribution in [3.8, 4) is 11.1 Å². The van der Waals surface area contributed by atoms with E-state index in [1.54, 1.807) is 0 Å². The minimum Gasteiger partial charge on any atom is -0.388 e. The highest BCUT2D eigenvalue weighted by atomic mass is 16.5. The Bertz CT molecular complexity index is 474. The second-order valence-electron chi connectivity index (χ2n) is 3.54. The Balaban J connectivity index is 2.63. The molecule has 0 atom stereocenters. The highest BCUT2D eigenvalue weighted by Gasteiger charge is 2.15. The molecule has 0 bridgehead atoms. The number of hydrogen-bond donors (Lipinski definition) is 1. The van der Waals surface area contributed by atoms with Crippen LogP contribution in [0.25, 0.3) is 11.1 Å². The normalized spacial score (nSPS) is 10.6. The maximum absolute atomic E-state index is 9.15. The third-order valence-corrected chi connectivity index (χ3v) is 2.49. The van der Waals surface area contributed by atoms with E-state index in [9.17, 15) is 0 Å². The van der Waals surface area contributed by atoms with Crippen LogP contribution in [0.15, 0.2) is 28.8 Å². The lowest BCUT2D eigenvalue weighted by Crippen LogP contribution is -1.88. The van der Waals surface area contributed by atoms with Gasteiger partial charge in [-0.2, -0.15) is 0 Å². The van der Waals surface area contributed by atoms with Crippen LogP contribution in [0.4, 0.5) is 0 Å². The average molecular weight is 203 g/mol. The van der Waals surface area contributed by atoms with Gasteiger partial charge in [0.05, 0.1) is 11.3 Å². The molecule has 15 heavy (non-hydrogen) atoms. The Morgan fingerprint density at radius 1 is 1.27 bits per heavy atom. The van der Waals surface area contributed by atoms with Crippen LogP contribution in [-0.4, -0.2) is 10.3 Å². The number of rotatable bonds is 2. The summed E-state index contributed by atoms with van der Waals surface area (Å²) in [4.78, 5) is 0. The van der Waals surface area contributed by atoms with Crippen molar-refractivity contribution in [1.82, 2.24) is 5.16 Å². The summed E-state index contributed by atoms with van der Waals surface area (Å²) >= 11 is 0. The zero-order valence-electron chi connectivity index (χ0n) is 8.82. The van der Waals surface area contributed by atoms with E-state index in [2.05, 4.69) is 5.16 Å². The topological polar surface area (TPSA) is 46.3 Å². The molecule has 0 saturated carbocycles. The summed E-state index contributed by atoms with van der Waals surface area (Å²) in [5.41, 5.74) is 3.95. The van der Waals surface area contributed by atoms with Gasteiger partial charge in [-0.15, -0.1) is 0 Å². The number of benzene rings is 1. The molecule has 2 aromatic rings. The van der Waals surface area contributed by atoms with Crippen LogP contribution in [0.2, 0.25) is 0 Å². The molecular weight excluding hydrogens is 190 g/mol. The van der Waals surface area contributed by atoms with E-state index in [1.807, 2.05) is 38.1 Å². The van der Waals surface area contributed by atoms with E-state index in [0.29, 0.717) is 5.76 Å². The predicted molar refractivity (Wildman–Crippen MR) is 57.3 cm³/mol. The average Bonchev–Trinajstić information content (AvgIpc) is 2.60. The van der Waals surface area contributed by atoms with Gasteiger partial charge in [-0.05, 0) is 25.0 Å². The van der Waals surface area contributed by atoms with Crippen LogP contribution < -0.4 is 0 Å². The second kappa shape index (κ2) is 3.87.